The summed E-state index contributed by atoms with van der Waals surface area (Å²) < 4.78 is 22.9. The van der Waals surface area contributed by atoms with E-state index in [1.54, 1.807) is 17.3 Å². The monoisotopic (exact) mass is 457 g/mol. The molecule has 2 amide bonds. The molecule has 1 atom stereocenters. The molecule has 0 spiro atoms. The van der Waals surface area contributed by atoms with E-state index in [0.29, 0.717) is 39.3 Å². The van der Waals surface area contributed by atoms with Crippen LogP contribution in [0.5, 0.6) is 0 Å². The number of amides is 2. The zero-order chi connectivity index (χ0) is 22.3. The predicted octanol–water partition coefficient (Wildman–Crippen LogP) is 1.35. The third-order valence-corrected chi connectivity index (χ3v) is 7.35. The van der Waals surface area contributed by atoms with Crippen LogP contribution in [0, 0.1) is 5.92 Å². The summed E-state index contributed by atoms with van der Waals surface area (Å²) in [5.41, 5.74) is 2.78. The van der Waals surface area contributed by atoms with Gasteiger partial charge >= 0.3 is 6.03 Å². The molecule has 11 heteroatoms. The number of nitrogens with one attached hydrogen (secondary N) is 1. The molecule has 0 aliphatic carbocycles. The van der Waals surface area contributed by atoms with Gasteiger partial charge in [0.25, 0.3) is 0 Å². The minimum Gasteiger partial charge on any atom is -0.367 e. The van der Waals surface area contributed by atoms with Crippen LogP contribution < -0.4 is 10.0 Å². The first kappa shape index (κ1) is 21.0. The average Bonchev–Trinajstić information content (AvgIpc) is 3.26. The highest BCUT2D eigenvalue weighted by Crippen LogP contribution is 2.31. The number of primary sulfonamides is 1. The van der Waals surface area contributed by atoms with Gasteiger partial charge in [0, 0.05) is 68.1 Å². The van der Waals surface area contributed by atoms with E-state index in [1.165, 1.54) is 0 Å². The second-order valence-electron chi connectivity index (χ2n) is 8.63. The van der Waals surface area contributed by atoms with Crippen molar-refractivity contribution in [2.45, 2.75) is 12.8 Å². The highest BCUT2D eigenvalue weighted by Gasteiger charge is 2.31. The van der Waals surface area contributed by atoms with Crippen molar-refractivity contribution in [3.8, 4) is 0 Å². The van der Waals surface area contributed by atoms with E-state index in [2.05, 4.69) is 19.9 Å². The smallest absolute Gasteiger partial charge is 0.320 e. The second kappa shape index (κ2) is 8.21. The Morgan fingerprint density at radius 2 is 1.94 bits per heavy atom. The lowest BCUT2D eigenvalue weighted by atomic mass is 10.0. The average molecular weight is 458 g/mol. The van der Waals surface area contributed by atoms with Gasteiger partial charge in [0.1, 0.15) is 5.65 Å². The number of piperazine rings is 1. The van der Waals surface area contributed by atoms with Crippen LogP contribution in [-0.4, -0.2) is 84.2 Å². The Bertz CT molecular complexity index is 1250. The molecular formula is C21H27N7O3S. The lowest BCUT2D eigenvalue weighted by Gasteiger charge is -2.40. The van der Waals surface area contributed by atoms with Crippen LogP contribution in [0.15, 0.2) is 30.7 Å². The number of aromatic nitrogens is 3. The SMILES string of the molecule is NS(=O)(=O)CC1CCCN(C(=O)N2CCN(c3ccnc4cnc5[nH]ccc5c34)CC2)C1. The molecule has 3 N–H and O–H groups in total. The molecule has 170 valence electrons. The Hall–Kier alpha value is -2.92. The number of hydrogen-bond donors (Lipinski definition) is 2. The zero-order valence-electron chi connectivity index (χ0n) is 17.8. The van der Waals surface area contributed by atoms with Gasteiger partial charge in [-0.15, -0.1) is 0 Å². The van der Waals surface area contributed by atoms with Crippen molar-refractivity contribution in [3.05, 3.63) is 30.7 Å². The molecule has 3 aromatic rings. The predicted molar refractivity (Wildman–Crippen MR) is 123 cm³/mol. The number of hydrogen-bond acceptors (Lipinski definition) is 6. The van der Waals surface area contributed by atoms with Crippen LogP contribution in [0.3, 0.4) is 0 Å². The van der Waals surface area contributed by atoms with Gasteiger partial charge in [0.2, 0.25) is 10.0 Å². The Kier molecular flexibility index (Phi) is 5.38. The summed E-state index contributed by atoms with van der Waals surface area (Å²) in [6.45, 7) is 3.76. The Balaban J connectivity index is 1.28. The maximum absolute atomic E-state index is 13.1. The normalized spacial score (nSPS) is 20.3. The highest BCUT2D eigenvalue weighted by atomic mass is 32.2. The fourth-order valence-corrected chi connectivity index (χ4v) is 5.87. The number of piperidine rings is 1. The molecule has 2 aliphatic heterocycles. The molecule has 5 heterocycles. The van der Waals surface area contributed by atoms with Crippen molar-refractivity contribution in [2.75, 3.05) is 49.9 Å². The van der Waals surface area contributed by atoms with E-state index in [0.717, 1.165) is 40.5 Å². The summed E-state index contributed by atoms with van der Waals surface area (Å²) in [6, 6.07) is 4.03. The van der Waals surface area contributed by atoms with Gasteiger partial charge in [-0.25, -0.2) is 23.3 Å². The molecule has 0 radical (unpaired) electrons. The van der Waals surface area contributed by atoms with Crippen molar-refractivity contribution in [2.24, 2.45) is 11.1 Å². The standard InChI is InChI=1S/C21H27N7O3S/c22-32(30,31)14-15-2-1-7-28(13-15)21(29)27-10-8-26(9-11-27)18-4-6-23-17-12-25-20-16(19(17)18)3-5-24-20/h3-6,12,15H,1-2,7-11,13-14H2,(H,24,25)(H2,22,30,31). The van der Waals surface area contributed by atoms with Crippen molar-refractivity contribution >= 4 is 43.7 Å². The van der Waals surface area contributed by atoms with Crippen molar-refractivity contribution in [3.63, 3.8) is 0 Å². The van der Waals surface area contributed by atoms with Gasteiger partial charge in [0.05, 0.1) is 17.5 Å². The van der Waals surface area contributed by atoms with Crippen LogP contribution in [0.25, 0.3) is 21.9 Å². The number of H-pyrrole nitrogens is 1. The van der Waals surface area contributed by atoms with Crippen LogP contribution in [0.2, 0.25) is 0 Å². The van der Waals surface area contributed by atoms with Gasteiger partial charge < -0.3 is 19.7 Å². The number of pyridine rings is 2. The van der Waals surface area contributed by atoms with Crippen molar-refractivity contribution < 1.29 is 13.2 Å². The van der Waals surface area contributed by atoms with Gasteiger partial charge in [-0.3, -0.25) is 4.98 Å². The van der Waals surface area contributed by atoms with E-state index in [1.807, 2.05) is 23.2 Å². The van der Waals surface area contributed by atoms with E-state index >= 15 is 0 Å². The number of nitrogens with zero attached hydrogens (tertiary/aromatic N) is 5. The summed E-state index contributed by atoms with van der Waals surface area (Å²) in [4.78, 5) is 31.1. The van der Waals surface area contributed by atoms with E-state index < -0.39 is 10.0 Å². The number of anilines is 1. The quantitative estimate of drug-likeness (QED) is 0.611. The maximum Gasteiger partial charge on any atom is 0.320 e. The molecule has 2 fully saturated rings. The van der Waals surface area contributed by atoms with E-state index in [9.17, 15) is 13.2 Å². The summed E-state index contributed by atoms with van der Waals surface area (Å²) in [7, 11) is -3.54. The molecule has 5 rings (SSSR count). The van der Waals surface area contributed by atoms with E-state index in [-0.39, 0.29) is 17.7 Å². The number of nitrogens with two attached hydrogens (primary N) is 1. The summed E-state index contributed by atoms with van der Waals surface area (Å²) in [6.07, 6.45) is 7.05. The third-order valence-electron chi connectivity index (χ3n) is 6.42. The zero-order valence-corrected chi connectivity index (χ0v) is 18.6. The Morgan fingerprint density at radius 3 is 2.72 bits per heavy atom. The molecule has 0 bridgehead atoms. The molecular weight excluding hydrogens is 430 g/mol. The minimum absolute atomic E-state index is 0.0134. The van der Waals surface area contributed by atoms with Crippen LogP contribution in [0.1, 0.15) is 12.8 Å². The molecule has 0 saturated carbocycles. The molecule has 2 aliphatic rings. The van der Waals surface area contributed by atoms with Gasteiger partial charge in [-0.1, -0.05) is 0 Å². The molecule has 10 nitrogen and oxygen atoms in total. The Morgan fingerprint density at radius 1 is 1.12 bits per heavy atom. The Labute approximate surface area is 186 Å². The highest BCUT2D eigenvalue weighted by molar-refractivity contribution is 7.89. The lowest BCUT2D eigenvalue weighted by Crippen LogP contribution is -2.55. The number of rotatable bonds is 3. The first-order chi connectivity index (χ1) is 15.4. The van der Waals surface area contributed by atoms with Crippen LogP contribution in [-0.2, 0) is 10.0 Å². The number of aromatic amines is 1. The summed E-state index contributed by atoms with van der Waals surface area (Å²) >= 11 is 0. The van der Waals surface area contributed by atoms with Crippen molar-refractivity contribution in [1.29, 1.82) is 0 Å². The van der Waals surface area contributed by atoms with Crippen LogP contribution in [0.4, 0.5) is 10.5 Å². The summed E-state index contributed by atoms with van der Waals surface area (Å²) in [5.74, 6) is -0.160. The van der Waals surface area contributed by atoms with Gasteiger partial charge in [-0.2, -0.15) is 0 Å². The second-order valence-corrected chi connectivity index (χ2v) is 10.3. The minimum atomic E-state index is -3.54. The number of carbonyl (C=O) groups excluding carboxylic acids is 1. The first-order valence-corrected chi connectivity index (χ1v) is 12.6. The molecule has 2 saturated heterocycles. The van der Waals surface area contributed by atoms with Crippen molar-refractivity contribution in [1.82, 2.24) is 24.8 Å². The summed E-state index contributed by atoms with van der Waals surface area (Å²) in [5, 5.41) is 7.32. The molecule has 3 aromatic heterocycles. The number of likely N-dealkylation sites (tertiary alicyclic amines) is 1. The third kappa shape index (κ3) is 4.09. The molecule has 1 unspecified atom stereocenters. The van der Waals surface area contributed by atoms with Gasteiger partial charge in [-0.05, 0) is 30.9 Å². The van der Waals surface area contributed by atoms with E-state index in [4.69, 9.17) is 5.14 Å². The molecule has 0 aromatic carbocycles. The number of urea groups is 1. The van der Waals surface area contributed by atoms with Crippen LogP contribution >= 0.6 is 0 Å². The largest absolute Gasteiger partial charge is 0.367 e. The first-order valence-electron chi connectivity index (χ1n) is 10.9. The molecule has 32 heavy (non-hydrogen) atoms. The number of fused-ring (bicyclic) bond motifs is 3. The topological polar surface area (TPSA) is 129 Å². The number of carbonyl (C=O) groups is 1. The van der Waals surface area contributed by atoms with Gasteiger partial charge in [0.15, 0.2) is 0 Å². The maximum atomic E-state index is 13.1. The number of sulfonamides is 1. The fourth-order valence-electron chi connectivity index (χ4n) is 4.94. The lowest BCUT2D eigenvalue weighted by molar-refractivity contribution is 0.129. The fraction of sp³-hybridized carbons (Fsp3) is 0.476.